The van der Waals surface area contributed by atoms with Crippen LogP contribution in [0.5, 0.6) is 0 Å². The van der Waals surface area contributed by atoms with Crippen molar-refractivity contribution in [3.05, 3.63) is 42.4 Å². The SMILES string of the molecule is F[C@@H](C[C@H]1c2ccccc2-c2cncn21)C1CCCCC1. The van der Waals surface area contributed by atoms with E-state index in [4.69, 9.17) is 0 Å². The number of benzene rings is 1. The Kier molecular flexibility index (Phi) is 3.28. The van der Waals surface area contributed by atoms with E-state index in [1.165, 1.54) is 30.4 Å². The van der Waals surface area contributed by atoms with Gasteiger partial charge in [-0.3, -0.25) is 0 Å². The molecule has 2 heterocycles. The van der Waals surface area contributed by atoms with E-state index >= 15 is 0 Å². The van der Waals surface area contributed by atoms with Crippen molar-refractivity contribution in [1.82, 2.24) is 9.55 Å². The zero-order valence-electron chi connectivity index (χ0n) is 12.2. The molecular formula is C18H21FN2. The van der Waals surface area contributed by atoms with Crippen LogP contribution in [0.25, 0.3) is 11.3 Å². The van der Waals surface area contributed by atoms with Crippen LogP contribution in [0.15, 0.2) is 36.8 Å². The van der Waals surface area contributed by atoms with Crippen LogP contribution in [0.2, 0.25) is 0 Å². The molecule has 0 bridgehead atoms. The van der Waals surface area contributed by atoms with Gasteiger partial charge < -0.3 is 4.57 Å². The summed E-state index contributed by atoms with van der Waals surface area (Å²) in [6, 6.07) is 8.49. The van der Waals surface area contributed by atoms with Crippen molar-refractivity contribution in [1.29, 1.82) is 0 Å². The van der Waals surface area contributed by atoms with Crippen LogP contribution in [-0.4, -0.2) is 15.7 Å². The maximum atomic E-state index is 14.8. The lowest BCUT2D eigenvalue weighted by molar-refractivity contribution is 0.159. The van der Waals surface area contributed by atoms with E-state index in [-0.39, 0.29) is 12.0 Å². The second kappa shape index (κ2) is 5.28. The highest BCUT2D eigenvalue weighted by Gasteiger charge is 2.33. The summed E-state index contributed by atoms with van der Waals surface area (Å²) in [6.45, 7) is 0. The second-order valence-electron chi connectivity index (χ2n) is 6.44. The normalized spacial score (nSPS) is 22.8. The zero-order chi connectivity index (χ0) is 14.2. The van der Waals surface area contributed by atoms with Crippen LogP contribution in [0.1, 0.15) is 50.1 Å². The van der Waals surface area contributed by atoms with Crippen LogP contribution in [0.4, 0.5) is 4.39 Å². The Morgan fingerprint density at radius 2 is 2.00 bits per heavy atom. The number of halogens is 1. The maximum absolute atomic E-state index is 14.8. The maximum Gasteiger partial charge on any atom is 0.105 e. The van der Waals surface area contributed by atoms with Crippen LogP contribution in [0.3, 0.4) is 0 Å². The van der Waals surface area contributed by atoms with Gasteiger partial charge in [0.05, 0.1) is 24.3 Å². The third kappa shape index (κ3) is 2.19. The monoisotopic (exact) mass is 284 g/mol. The van der Waals surface area contributed by atoms with Crippen LogP contribution in [0, 0.1) is 5.92 Å². The first-order valence-corrected chi connectivity index (χ1v) is 8.10. The molecule has 21 heavy (non-hydrogen) atoms. The summed E-state index contributed by atoms with van der Waals surface area (Å²) < 4.78 is 17.0. The fourth-order valence-corrected chi connectivity index (χ4v) is 4.07. The molecule has 1 aliphatic carbocycles. The van der Waals surface area contributed by atoms with Crippen molar-refractivity contribution in [3.8, 4) is 11.3 Å². The van der Waals surface area contributed by atoms with Gasteiger partial charge >= 0.3 is 0 Å². The number of imidazole rings is 1. The lowest BCUT2D eigenvalue weighted by Crippen LogP contribution is -2.22. The van der Waals surface area contributed by atoms with Crippen molar-refractivity contribution < 1.29 is 4.39 Å². The predicted octanol–water partition coefficient (Wildman–Crippen LogP) is 4.76. The largest absolute Gasteiger partial charge is 0.323 e. The van der Waals surface area contributed by atoms with Crippen LogP contribution < -0.4 is 0 Å². The highest BCUT2D eigenvalue weighted by molar-refractivity contribution is 5.68. The number of nitrogens with zero attached hydrogens (tertiary/aromatic N) is 2. The summed E-state index contributed by atoms with van der Waals surface area (Å²) in [6.07, 6.45) is 9.44. The Bertz CT molecular complexity index is 628. The van der Waals surface area contributed by atoms with Gasteiger partial charge in [-0.05, 0) is 24.3 Å². The summed E-state index contributed by atoms with van der Waals surface area (Å²) in [7, 11) is 0. The smallest absolute Gasteiger partial charge is 0.105 e. The molecule has 0 saturated heterocycles. The minimum atomic E-state index is -0.697. The molecule has 2 atom stereocenters. The van der Waals surface area contributed by atoms with Crippen molar-refractivity contribution in [2.45, 2.75) is 50.7 Å². The lowest BCUT2D eigenvalue weighted by atomic mass is 9.83. The summed E-state index contributed by atoms with van der Waals surface area (Å²) in [5, 5.41) is 0. The van der Waals surface area contributed by atoms with Crippen LogP contribution in [-0.2, 0) is 0 Å². The average molecular weight is 284 g/mol. The molecule has 0 radical (unpaired) electrons. The Labute approximate surface area is 125 Å². The molecule has 2 nitrogen and oxygen atoms in total. The molecule has 0 spiro atoms. The molecule has 1 aromatic carbocycles. The van der Waals surface area contributed by atoms with E-state index in [2.05, 4.69) is 27.8 Å². The molecule has 4 rings (SSSR count). The lowest BCUT2D eigenvalue weighted by Gasteiger charge is -2.27. The van der Waals surface area contributed by atoms with Crippen molar-refractivity contribution >= 4 is 0 Å². The highest BCUT2D eigenvalue weighted by atomic mass is 19.1. The molecule has 0 unspecified atom stereocenters. The van der Waals surface area contributed by atoms with Gasteiger partial charge in [0.15, 0.2) is 0 Å². The quantitative estimate of drug-likeness (QED) is 0.794. The van der Waals surface area contributed by atoms with Gasteiger partial charge in [0.2, 0.25) is 0 Å². The molecule has 1 aromatic heterocycles. The third-order valence-corrected chi connectivity index (χ3v) is 5.21. The third-order valence-electron chi connectivity index (χ3n) is 5.21. The first kappa shape index (κ1) is 13.1. The molecule has 110 valence electrons. The van der Waals surface area contributed by atoms with E-state index < -0.39 is 6.17 Å². The first-order chi connectivity index (χ1) is 10.3. The number of rotatable bonds is 3. The molecule has 1 aliphatic heterocycles. The van der Waals surface area contributed by atoms with E-state index in [0.717, 1.165) is 18.5 Å². The molecule has 1 fully saturated rings. The summed E-state index contributed by atoms with van der Waals surface area (Å²) in [5.41, 5.74) is 3.61. The van der Waals surface area contributed by atoms with E-state index in [1.807, 2.05) is 18.6 Å². The molecule has 3 heteroatoms. The first-order valence-electron chi connectivity index (χ1n) is 8.10. The topological polar surface area (TPSA) is 17.8 Å². The number of hydrogen-bond acceptors (Lipinski definition) is 1. The summed E-state index contributed by atoms with van der Waals surface area (Å²) >= 11 is 0. The Balaban J connectivity index is 1.60. The van der Waals surface area contributed by atoms with Gasteiger partial charge in [0.25, 0.3) is 0 Å². The second-order valence-corrected chi connectivity index (χ2v) is 6.44. The van der Waals surface area contributed by atoms with Crippen molar-refractivity contribution in [2.24, 2.45) is 5.92 Å². The number of fused-ring (bicyclic) bond motifs is 3. The fraction of sp³-hybridized carbons (Fsp3) is 0.500. The minimum Gasteiger partial charge on any atom is -0.323 e. The van der Waals surface area contributed by atoms with E-state index in [1.54, 1.807) is 0 Å². The average Bonchev–Trinajstić information content (AvgIpc) is 3.11. The van der Waals surface area contributed by atoms with Crippen molar-refractivity contribution in [3.63, 3.8) is 0 Å². The Morgan fingerprint density at radius 1 is 1.19 bits per heavy atom. The number of alkyl halides is 1. The fourth-order valence-electron chi connectivity index (χ4n) is 4.07. The molecule has 1 saturated carbocycles. The van der Waals surface area contributed by atoms with Gasteiger partial charge in [-0.15, -0.1) is 0 Å². The van der Waals surface area contributed by atoms with E-state index in [0.29, 0.717) is 6.42 Å². The van der Waals surface area contributed by atoms with Gasteiger partial charge in [-0.25, -0.2) is 9.37 Å². The van der Waals surface area contributed by atoms with Gasteiger partial charge in [0, 0.05) is 12.0 Å². The number of aromatic nitrogens is 2. The van der Waals surface area contributed by atoms with Gasteiger partial charge in [0.1, 0.15) is 6.17 Å². The van der Waals surface area contributed by atoms with E-state index in [9.17, 15) is 4.39 Å². The standard InChI is InChI=1S/C18H21FN2/c19-16(13-6-2-1-3-7-13)10-17-14-8-4-5-9-15(14)18-11-20-12-21(17)18/h4-5,8-9,11-13,16-17H,1-3,6-7,10H2/t16-,17-/m0/s1. The zero-order valence-corrected chi connectivity index (χ0v) is 12.2. The number of hydrogen-bond donors (Lipinski definition) is 0. The van der Waals surface area contributed by atoms with Gasteiger partial charge in [-0.2, -0.15) is 0 Å². The summed E-state index contributed by atoms with van der Waals surface area (Å²) in [5.74, 6) is 0.262. The molecule has 0 amide bonds. The van der Waals surface area contributed by atoms with Gasteiger partial charge in [-0.1, -0.05) is 43.5 Å². The molecular weight excluding hydrogens is 263 g/mol. The minimum absolute atomic E-state index is 0.121. The highest BCUT2D eigenvalue weighted by Crippen LogP contribution is 2.43. The molecule has 2 aromatic rings. The molecule has 0 N–H and O–H groups in total. The Hall–Kier alpha value is -1.64. The van der Waals surface area contributed by atoms with Crippen LogP contribution >= 0.6 is 0 Å². The predicted molar refractivity (Wildman–Crippen MR) is 81.9 cm³/mol. The van der Waals surface area contributed by atoms with Crippen molar-refractivity contribution in [2.75, 3.05) is 0 Å². The molecule has 2 aliphatic rings. The summed E-state index contributed by atoms with van der Waals surface area (Å²) in [4.78, 5) is 4.25. The Morgan fingerprint density at radius 3 is 2.86 bits per heavy atom.